The van der Waals surface area contributed by atoms with Gasteiger partial charge in [0.15, 0.2) is 0 Å². The van der Waals surface area contributed by atoms with Crippen molar-refractivity contribution in [2.24, 2.45) is 0 Å². The van der Waals surface area contributed by atoms with Crippen molar-refractivity contribution in [2.75, 3.05) is 0 Å². The number of fused-ring (bicyclic) bond motifs is 1. The maximum atomic E-state index is 12.9. The van der Waals surface area contributed by atoms with Crippen molar-refractivity contribution in [3.05, 3.63) is 156 Å². The molecule has 1 heterocycles. The van der Waals surface area contributed by atoms with Crippen LogP contribution in [0.5, 0.6) is 0 Å². The van der Waals surface area contributed by atoms with Crippen molar-refractivity contribution in [2.45, 2.75) is 0 Å². The molecule has 1 aromatic heterocycles. The molecule has 0 aliphatic carbocycles. The van der Waals surface area contributed by atoms with Gasteiger partial charge >= 0.3 is 0 Å². The lowest BCUT2D eigenvalue weighted by molar-refractivity contribution is 0.0817. The van der Waals surface area contributed by atoms with Gasteiger partial charge in [0.05, 0.1) is 22.4 Å². The Balaban J connectivity index is 1.34. The summed E-state index contributed by atoms with van der Waals surface area (Å²) in [5.74, 6) is -2.34. The first-order valence-electron chi connectivity index (χ1n) is 13.3. The van der Waals surface area contributed by atoms with E-state index in [1.54, 1.807) is 109 Å². The van der Waals surface area contributed by atoms with Gasteiger partial charge in [0.2, 0.25) is 23.1 Å². The van der Waals surface area contributed by atoms with E-state index in [2.05, 4.69) is 0 Å². The molecule has 5 aromatic carbocycles. The Bertz CT molecular complexity index is 1820. The molecule has 6 nitrogen and oxygen atoms in total. The zero-order valence-corrected chi connectivity index (χ0v) is 22.2. The number of hydrogen-bond donors (Lipinski definition) is 0. The predicted octanol–water partition coefficient (Wildman–Crippen LogP) is 7.10. The number of para-hydroxylation sites is 2. The van der Waals surface area contributed by atoms with E-state index in [4.69, 9.17) is 9.97 Å². The summed E-state index contributed by atoms with van der Waals surface area (Å²) in [6.45, 7) is 0. The minimum Gasteiger partial charge on any atom is -0.285 e. The highest BCUT2D eigenvalue weighted by molar-refractivity contribution is 6.49. The van der Waals surface area contributed by atoms with Crippen molar-refractivity contribution in [1.82, 2.24) is 9.97 Å². The molecule has 0 amide bonds. The predicted molar refractivity (Wildman–Crippen MR) is 161 cm³/mol. The summed E-state index contributed by atoms with van der Waals surface area (Å²) in [6.07, 6.45) is 0. The van der Waals surface area contributed by atoms with Gasteiger partial charge in [0.1, 0.15) is 0 Å². The van der Waals surface area contributed by atoms with E-state index in [9.17, 15) is 19.2 Å². The van der Waals surface area contributed by atoms with Gasteiger partial charge in [-0.05, 0) is 12.1 Å². The SMILES string of the molecule is O=C(C(=O)c1ccc(-c2nc3ccccc3nc2-c2ccc(C(=O)C(=O)c3ccccc3)cc2)cc1)c1ccccc1. The van der Waals surface area contributed by atoms with Crippen LogP contribution < -0.4 is 0 Å². The highest BCUT2D eigenvalue weighted by Gasteiger charge is 2.21. The Morgan fingerprint density at radius 3 is 0.952 bits per heavy atom. The molecule has 0 aliphatic rings. The van der Waals surface area contributed by atoms with E-state index < -0.39 is 23.1 Å². The molecule has 0 N–H and O–H groups in total. The van der Waals surface area contributed by atoms with Crippen molar-refractivity contribution in [3.63, 3.8) is 0 Å². The average molecular weight is 547 g/mol. The van der Waals surface area contributed by atoms with E-state index in [-0.39, 0.29) is 11.1 Å². The van der Waals surface area contributed by atoms with Gasteiger partial charge in [-0.15, -0.1) is 0 Å². The van der Waals surface area contributed by atoms with Crippen molar-refractivity contribution < 1.29 is 19.2 Å². The van der Waals surface area contributed by atoms with Gasteiger partial charge < -0.3 is 0 Å². The second kappa shape index (κ2) is 11.3. The van der Waals surface area contributed by atoms with Gasteiger partial charge in [-0.1, -0.05) is 121 Å². The molecule has 42 heavy (non-hydrogen) atoms. The van der Waals surface area contributed by atoms with Crippen molar-refractivity contribution in [1.29, 1.82) is 0 Å². The van der Waals surface area contributed by atoms with Crippen LogP contribution in [-0.2, 0) is 0 Å². The lowest BCUT2D eigenvalue weighted by atomic mass is 9.97. The first-order chi connectivity index (χ1) is 20.5. The number of nitrogens with zero attached hydrogens (tertiary/aromatic N) is 2. The molecule has 6 aromatic rings. The number of rotatable bonds is 8. The normalized spacial score (nSPS) is 10.8. The summed E-state index contributed by atoms with van der Waals surface area (Å²) in [6, 6.07) is 37.8. The van der Waals surface area contributed by atoms with Crippen LogP contribution in [0.4, 0.5) is 0 Å². The molecule has 6 heteroatoms. The molecular weight excluding hydrogens is 524 g/mol. The molecule has 0 saturated carbocycles. The number of ketones is 4. The molecule has 6 rings (SSSR count). The summed E-state index contributed by atoms with van der Waals surface area (Å²) in [4.78, 5) is 60.8. The molecule has 0 saturated heterocycles. The first kappa shape index (κ1) is 26.3. The molecular formula is C36H22N2O4. The second-order valence-corrected chi connectivity index (χ2v) is 9.61. The minimum absolute atomic E-state index is 0.272. The summed E-state index contributed by atoms with van der Waals surface area (Å²) >= 11 is 0. The number of aromatic nitrogens is 2. The lowest BCUT2D eigenvalue weighted by Gasteiger charge is -2.11. The fraction of sp³-hybridized carbons (Fsp3) is 0. The highest BCUT2D eigenvalue weighted by Crippen LogP contribution is 2.31. The largest absolute Gasteiger partial charge is 0.285 e. The third kappa shape index (κ3) is 5.17. The summed E-state index contributed by atoms with van der Waals surface area (Å²) in [5.41, 5.74) is 5.14. The monoisotopic (exact) mass is 546 g/mol. The summed E-state index contributed by atoms with van der Waals surface area (Å²) < 4.78 is 0. The van der Waals surface area contributed by atoms with E-state index in [0.717, 1.165) is 0 Å². The number of carbonyl (C=O) groups is 4. The Kier molecular flexibility index (Phi) is 7.10. The lowest BCUT2D eigenvalue weighted by Crippen LogP contribution is -2.14. The van der Waals surface area contributed by atoms with E-state index >= 15 is 0 Å². The highest BCUT2D eigenvalue weighted by atomic mass is 16.2. The number of carbonyl (C=O) groups excluding carboxylic acids is 4. The van der Waals surface area contributed by atoms with Crippen LogP contribution in [0.1, 0.15) is 41.4 Å². The van der Waals surface area contributed by atoms with E-state index in [1.807, 2.05) is 24.3 Å². The summed E-state index contributed by atoms with van der Waals surface area (Å²) in [5, 5.41) is 0. The fourth-order valence-corrected chi connectivity index (χ4v) is 4.66. The van der Waals surface area contributed by atoms with Crippen LogP contribution >= 0.6 is 0 Å². The Labute approximate surface area is 241 Å². The smallest absolute Gasteiger partial charge is 0.233 e. The molecule has 0 fully saturated rings. The maximum absolute atomic E-state index is 12.9. The topological polar surface area (TPSA) is 94.1 Å². The molecule has 0 unspecified atom stereocenters. The third-order valence-electron chi connectivity index (χ3n) is 6.90. The zero-order valence-electron chi connectivity index (χ0n) is 22.2. The van der Waals surface area contributed by atoms with Gasteiger partial charge in [-0.2, -0.15) is 0 Å². The molecule has 0 atom stereocenters. The molecule has 200 valence electrons. The Morgan fingerprint density at radius 1 is 0.333 bits per heavy atom. The molecule has 0 aliphatic heterocycles. The van der Waals surface area contributed by atoms with Crippen molar-refractivity contribution >= 4 is 34.2 Å². The van der Waals surface area contributed by atoms with E-state index in [1.165, 1.54) is 0 Å². The average Bonchev–Trinajstić information content (AvgIpc) is 3.07. The minimum atomic E-state index is -0.595. The zero-order chi connectivity index (χ0) is 29.1. The maximum Gasteiger partial charge on any atom is 0.233 e. The van der Waals surface area contributed by atoms with Gasteiger partial charge in [-0.25, -0.2) is 9.97 Å². The van der Waals surface area contributed by atoms with Crippen LogP contribution in [-0.4, -0.2) is 33.1 Å². The van der Waals surface area contributed by atoms with E-state index in [0.29, 0.717) is 44.7 Å². The van der Waals surface area contributed by atoms with Gasteiger partial charge in [-0.3, -0.25) is 19.2 Å². The van der Waals surface area contributed by atoms with Crippen LogP contribution in [0.25, 0.3) is 33.5 Å². The summed E-state index contributed by atoms with van der Waals surface area (Å²) in [7, 11) is 0. The number of benzene rings is 5. The van der Waals surface area contributed by atoms with Crippen LogP contribution in [0.2, 0.25) is 0 Å². The van der Waals surface area contributed by atoms with Crippen LogP contribution in [0.3, 0.4) is 0 Å². The third-order valence-corrected chi connectivity index (χ3v) is 6.90. The van der Waals surface area contributed by atoms with Crippen molar-refractivity contribution in [3.8, 4) is 22.5 Å². The quantitative estimate of drug-likeness (QED) is 0.149. The molecule has 0 bridgehead atoms. The van der Waals surface area contributed by atoms with Crippen LogP contribution in [0.15, 0.2) is 133 Å². The molecule has 0 spiro atoms. The van der Waals surface area contributed by atoms with Crippen LogP contribution in [0, 0.1) is 0 Å². The standard InChI is InChI=1S/C36H22N2O4/c39-33(25-9-3-1-4-10-25)35(41)27-19-15-23(16-20-27)31-32(38-30-14-8-7-13-29(30)37-31)24-17-21-28(22-18-24)36(42)34(40)26-11-5-2-6-12-26/h1-22H. The van der Waals surface area contributed by atoms with Gasteiger partial charge in [0.25, 0.3) is 0 Å². The Morgan fingerprint density at radius 2 is 0.619 bits per heavy atom. The second-order valence-electron chi connectivity index (χ2n) is 9.61. The number of hydrogen-bond acceptors (Lipinski definition) is 6. The van der Waals surface area contributed by atoms with Gasteiger partial charge in [0, 0.05) is 33.4 Å². The fourth-order valence-electron chi connectivity index (χ4n) is 4.66. The molecule has 0 radical (unpaired) electrons. The Hall–Kier alpha value is -5.88. The first-order valence-corrected chi connectivity index (χ1v) is 13.3. The number of Topliss-reactive ketones (excluding diaryl/α,β-unsaturated/α-hetero) is 4.